The zero-order chi connectivity index (χ0) is 18.3. The monoisotopic (exact) mass is 339 g/mol. The van der Waals surface area contributed by atoms with Crippen LogP contribution in [-0.4, -0.2) is 23.3 Å². The minimum Gasteiger partial charge on any atom is -0.483 e. The van der Waals surface area contributed by atoms with Crippen molar-refractivity contribution in [1.82, 2.24) is 4.98 Å². The van der Waals surface area contributed by atoms with E-state index in [0.717, 1.165) is 16.8 Å². The van der Waals surface area contributed by atoms with Crippen molar-refractivity contribution < 1.29 is 14.0 Å². The molecule has 132 valence electrons. The van der Waals surface area contributed by atoms with Crippen molar-refractivity contribution in [2.75, 3.05) is 0 Å². The van der Waals surface area contributed by atoms with E-state index < -0.39 is 5.60 Å². The Kier molecular flexibility index (Phi) is 4.42. The van der Waals surface area contributed by atoms with Crippen LogP contribution in [0.3, 0.4) is 0 Å². The molecule has 1 aromatic carbocycles. The van der Waals surface area contributed by atoms with Gasteiger partial charge in [0.05, 0.1) is 11.2 Å². The summed E-state index contributed by atoms with van der Waals surface area (Å²) in [6.07, 6.45) is 3.46. The average Bonchev–Trinajstić information content (AvgIpc) is 2.76. The standard InChI is InChI=1S/C20H26BNO3/c1-18(2,23-17-10-12-22-13-11-17)15-8-7-9-16(14-15)21-24-19(3,4)20(5,6)25-21/h7-14H,1-6H3. The smallest absolute Gasteiger partial charge is 0.483 e. The average molecular weight is 339 g/mol. The Morgan fingerprint density at radius 2 is 1.56 bits per heavy atom. The largest absolute Gasteiger partial charge is 0.494 e. The zero-order valence-corrected chi connectivity index (χ0v) is 15.9. The fourth-order valence-corrected chi connectivity index (χ4v) is 2.80. The molecule has 0 N–H and O–H groups in total. The molecule has 0 unspecified atom stereocenters. The van der Waals surface area contributed by atoms with Crippen molar-refractivity contribution in [3.63, 3.8) is 0 Å². The van der Waals surface area contributed by atoms with Gasteiger partial charge in [-0.3, -0.25) is 4.98 Å². The van der Waals surface area contributed by atoms with E-state index in [4.69, 9.17) is 14.0 Å². The Labute approximate surface area is 150 Å². The minimum absolute atomic E-state index is 0.350. The van der Waals surface area contributed by atoms with Gasteiger partial charge in [0.2, 0.25) is 0 Å². The quantitative estimate of drug-likeness (QED) is 0.797. The second kappa shape index (κ2) is 6.15. The van der Waals surface area contributed by atoms with Crippen LogP contribution in [-0.2, 0) is 14.9 Å². The summed E-state index contributed by atoms with van der Waals surface area (Å²) in [6.45, 7) is 12.4. The van der Waals surface area contributed by atoms with Crippen LogP contribution in [0.2, 0.25) is 0 Å². The van der Waals surface area contributed by atoms with Crippen LogP contribution >= 0.6 is 0 Å². The molecule has 1 saturated heterocycles. The van der Waals surface area contributed by atoms with Crippen molar-refractivity contribution in [1.29, 1.82) is 0 Å². The lowest BCUT2D eigenvalue weighted by molar-refractivity contribution is 0.00578. The summed E-state index contributed by atoms with van der Waals surface area (Å²) >= 11 is 0. The molecule has 0 atom stereocenters. The van der Waals surface area contributed by atoms with E-state index in [-0.39, 0.29) is 18.3 Å². The second-order valence-corrected chi connectivity index (χ2v) is 8.01. The maximum Gasteiger partial charge on any atom is 0.494 e. The van der Waals surface area contributed by atoms with Gasteiger partial charge in [-0.25, -0.2) is 0 Å². The van der Waals surface area contributed by atoms with Crippen molar-refractivity contribution >= 4 is 12.6 Å². The highest BCUT2D eigenvalue weighted by Gasteiger charge is 2.51. The molecule has 0 amide bonds. The Balaban J connectivity index is 1.84. The molecule has 1 aromatic heterocycles. The molecule has 0 bridgehead atoms. The lowest BCUT2D eigenvalue weighted by Crippen LogP contribution is -2.41. The summed E-state index contributed by atoms with van der Waals surface area (Å²) in [4.78, 5) is 4.03. The highest BCUT2D eigenvalue weighted by atomic mass is 16.7. The van der Waals surface area contributed by atoms with Crippen molar-refractivity contribution in [2.24, 2.45) is 0 Å². The van der Waals surface area contributed by atoms with Crippen LogP contribution in [0.4, 0.5) is 0 Å². The van der Waals surface area contributed by atoms with Gasteiger partial charge in [0.25, 0.3) is 0 Å². The Hall–Kier alpha value is -1.85. The van der Waals surface area contributed by atoms with Gasteiger partial charge in [-0.05, 0) is 64.7 Å². The van der Waals surface area contributed by atoms with Crippen LogP contribution < -0.4 is 10.2 Å². The van der Waals surface area contributed by atoms with Gasteiger partial charge >= 0.3 is 7.12 Å². The van der Waals surface area contributed by atoms with E-state index in [1.54, 1.807) is 12.4 Å². The number of ether oxygens (including phenoxy) is 1. The molecule has 0 radical (unpaired) electrons. The molecule has 1 aliphatic heterocycles. The number of aromatic nitrogens is 1. The SMILES string of the molecule is CC(C)(Oc1ccncc1)c1cccc(B2OC(C)(C)C(C)(C)O2)c1. The molecule has 2 heterocycles. The molecule has 25 heavy (non-hydrogen) atoms. The number of rotatable bonds is 4. The van der Waals surface area contributed by atoms with Crippen LogP contribution in [0.25, 0.3) is 0 Å². The Bertz CT molecular complexity index is 728. The Morgan fingerprint density at radius 1 is 0.960 bits per heavy atom. The number of hydrogen-bond donors (Lipinski definition) is 0. The molecule has 0 saturated carbocycles. The fourth-order valence-electron chi connectivity index (χ4n) is 2.80. The molecular weight excluding hydrogens is 313 g/mol. The van der Waals surface area contributed by atoms with Crippen molar-refractivity contribution in [3.05, 3.63) is 54.4 Å². The van der Waals surface area contributed by atoms with Crippen molar-refractivity contribution in [2.45, 2.75) is 58.3 Å². The number of hydrogen-bond acceptors (Lipinski definition) is 4. The molecule has 0 aliphatic carbocycles. The molecule has 3 rings (SSSR count). The molecule has 0 spiro atoms. The molecule has 5 heteroatoms. The van der Waals surface area contributed by atoms with Gasteiger partial charge in [0.15, 0.2) is 0 Å². The minimum atomic E-state index is -0.485. The third-order valence-corrected chi connectivity index (χ3v) is 5.13. The fraction of sp³-hybridized carbons (Fsp3) is 0.450. The third-order valence-electron chi connectivity index (χ3n) is 5.13. The van der Waals surface area contributed by atoms with Gasteiger partial charge in [0.1, 0.15) is 11.4 Å². The number of benzene rings is 1. The predicted octanol–water partition coefficient (Wildman–Crippen LogP) is 3.69. The van der Waals surface area contributed by atoms with Gasteiger partial charge in [-0.2, -0.15) is 0 Å². The summed E-state index contributed by atoms with van der Waals surface area (Å²) < 4.78 is 18.5. The van der Waals surface area contributed by atoms with Crippen molar-refractivity contribution in [3.8, 4) is 5.75 Å². The number of pyridine rings is 1. The third kappa shape index (κ3) is 3.58. The van der Waals surface area contributed by atoms with Gasteiger partial charge in [-0.15, -0.1) is 0 Å². The summed E-state index contributed by atoms with van der Waals surface area (Å²) in [5.74, 6) is 0.793. The summed E-state index contributed by atoms with van der Waals surface area (Å²) in [5.41, 5.74) is 0.883. The molecule has 4 nitrogen and oxygen atoms in total. The maximum atomic E-state index is 6.17. The second-order valence-electron chi connectivity index (χ2n) is 8.01. The first-order valence-corrected chi connectivity index (χ1v) is 8.66. The molecule has 1 aliphatic rings. The van der Waals surface area contributed by atoms with Gasteiger partial charge < -0.3 is 14.0 Å². The van der Waals surface area contributed by atoms with Gasteiger partial charge in [0, 0.05) is 12.4 Å². The Morgan fingerprint density at radius 3 is 2.16 bits per heavy atom. The van der Waals surface area contributed by atoms with Gasteiger partial charge in [-0.1, -0.05) is 24.3 Å². The maximum absolute atomic E-state index is 6.17. The van der Waals surface area contributed by atoms with Crippen LogP contribution in [0.5, 0.6) is 5.75 Å². The molecular formula is C20H26BNO3. The molecule has 1 fully saturated rings. The summed E-state index contributed by atoms with van der Waals surface area (Å²) in [7, 11) is -0.373. The van der Waals surface area contributed by atoms with E-state index in [0.29, 0.717) is 0 Å². The van der Waals surface area contributed by atoms with E-state index in [1.165, 1.54) is 0 Å². The first kappa shape index (κ1) is 18.0. The topological polar surface area (TPSA) is 40.6 Å². The lowest BCUT2D eigenvalue weighted by atomic mass is 9.77. The highest BCUT2D eigenvalue weighted by Crippen LogP contribution is 2.36. The van der Waals surface area contributed by atoms with E-state index in [2.05, 4.69) is 58.7 Å². The van der Waals surface area contributed by atoms with E-state index >= 15 is 0 Å². The van der Waals surface area contributed by atoms with E-state index in [1.807, 2.05) is 24.3 Å². The number of nitrogens with zero attached hydrogens (tertiary/aromatic N) is 1. The molecule has 2 aromatic rings. The van der Waals surface area contributed by atoms with Crippen LogP contribution in [0.15, 0.2) is 48.8 Å². The van der Waals surface area contributed by atoms with Crippen LogP contribution in [0.1, 0.15) is 47.1 Å². The highest BCUT2D eigenvalue weighted by molar-refractivity contribution is 6.62. The normalized spacial score (nSPS) is 19.0. The summed E-state index contributed by atoms with van der Waals surface area (Å²) in [6, 6.07) is 11.9. The predicted molar refractivity (Wildman–Crippen MR) is 100 cm³/mol. The van der Waals surface area contributed by atoms with Crippen LogP contribution in [0, 0.1) is 0 Å². The summed E-state index contributed by atoms with van der Waals surface area (Å²) in [5, 5.41) is 0. The van der Waals surface area contributed by atoms with E-state index in [9.17, 15) is 0 Å². The zero-order valence-electron chi connectivity index (χ0n) is 15.9. The lowest BCUT2D eigenvalue weighted by Gasteiger charge is -2.32. The first-order chi connectivity index (χ1) is 11.6. The first-order valence-electron chi connectivity index (χ1n) is 8.66.